The van der Waals surface area contributed by atoms with E-state index in [-0.39, 0.29) is 11.6 Å². The second-order valence-electron chi connectivity index (χ2n) is 3.50. The molecule has 1 aromatic heterocycles. The summed E-state index contributed by atoms with van der Waals surface area (Å²) in [6, 6.07) is 2.69. The third kappa shape index (κ3) is 2.40. The van der Waals surface area contributed by atoms with Crippen molar-refractivity contribution < 1.29 is 22.7 Å². The Morgan fingerprint density at radius 3 is 2.58 bits per heavy atom. The first kappa shape index (κ1) is 13.0. The van der Waals surface area contributed by atoms with Crippen LogP contribution in [0.2, 0.25) is 0 Å². The van der Waals surface area contributed by atoms with E-state index in [1.165, 1.54) is 13.2 Å². The van der Waals surface area contributed by atoms with E-state index in [1.807, 2.05) is 0 Å². The molecule has 4 nitrogen and oxygen atoms in total. The Hall–Kier alpha value is -2.44. The van der Waals surface area contributed by atoms with E-state index in [0.29, 0.717) is 6.07 Å². The number of nitrogens with zero attached hydrogens (tertiary/aromatic N) is 2. The largest absolute Gasteiger partial charge is 0.481 e. The fourth-order valence-electron chi connectivity index (χ4n) is 1.41. The van der Waals surface area contributed by atoms with Gasteiger partial charge in [-0.2, -0.15) is 0 Å². The molecule has 0 saturated heterocycles. The van der Waals surface area contributed by atoms with Crippen molar-refractivity contribution in [1.82, 2.24) is 9.97 Å². The van der Waals surface area contributed by atoms with Gasteiger partial charge in [0.25, 0.3) is 0 Å². The van der Waals surface area contributed by atoms with Crippen LogP contribution in [0.15, 0.2) is 24.5 Å². The Kier molecular flexibility index (Phi) is 3.46. The number of halogens is 3. The average molecular weight is 268 g/mol. The van der Waals surface area contributed by atoms with E-state index < -0.39 is 28.8 Å². The minimum atomic E-state index is -1.70. The second kappa shape index (κ2) is 5.05. The summed E-state index contributed by atoms with van der Waals surface area (Å²) >= 11 is 0. The average Bonchev–Trinajstić information content (AvgIpc) is 2.44. The monoisotopic (exact) mass is 268 g/mol. The molecule has 0 spiro atoms. The minimum Gasteiger partial charge on any atom is -0.481 e. The fourth-order valence-corrected chi connectivity index (χ4v) is 1.41. The maximum absolute atomic E-state index is 13.5. The van der Waals surface area contributed by atoms with E-state index in [0.717, 1.165) is 12.4 Å². The lowest BCUT2D eigenvalue weighted by atomic mass is 10.1. The highest BCUT2D eigenvalue weighted by Crippen LogP contribution is 2.18. The molecule has 0 N–H and O–H groups in total. The normalized spacial score (nSPS) is 10.3. The lowest BCUT2D eigenvalue weighted by molar-refractivity contribution is 0.102. The lowest BCUT2D eigenvalue weighted by Crippen LogP contribution is -2.09. The van der Waals surface area contributed by atoms with Crippen LogP contribution >= 0.6 is 0 Å². The number of ketones is 1. The maximum Gasteiger partial charge on any atom is 0.216 e. The number of benzene rings is 1. The molecule has 2 aromatic rings. The Balaban J connectivity index is 2.47. The molecule has 19 heavy (non-hydrogen) atoms. The number of hydrogen-bond donors (Lipinski definition) is 0. The molecule has 1 aromatic carbocycles. The SMILES string of the molecule is COc1cc(C(=O)c2ccc(F)c(F)c2F)ncn1. The van der Waals surface area contributed by atoms with Gasteiger partial charge in [-0.15, -0.1) is 0 Å². The van der Waals surface area contributed by atoms with Crippen LogP contribution in [0, 0.1) is 17.5 Å². The molecule has 0 amide bonds. The molecule has 0 fully saturated rings. The van der Waals surface area contributed by atoms with Crippen molar-refractivity contribution in [2.24, 2.45) is 0 Å². The van der Waals surface area contributed by atoms with E-state index in [1.54, 1.807) is 0 Å². The highest BCUT2D eigenvalue weighted by Gasteiger charge is 2.21. The summed E-state index contributed by atoms with van der Waals surface area (Å²) in [6.45, 7) is 0. The quantitative estimate of drug-likeness (QED) is 0.632. The number of carbonyl (C=O) groups is 1. The molecule has 0 unspecified atom stereocenters. The molecule has 7 heteroatoms. The zero-order valence-corrected chi connectivity index (χ0v) is 9.65. The van der Waals surface area contributed by atoms with Gasteiger partial charge in [0, 0.05) is 6.07 Å². The molecule has 0 saturated carbocycles. The topological polar surface area (TPSA) is 52.1 Å². The van der Waals surface area contributed by atoms with Gasteiger partial charge in [-0.05, 0) is 12.1 Å². The van der Waals surface area contributed by atoms with Crippen molar-refractivity contribution in [3.8, 4) is 5.88 Å². The predicted molar refractivity (Wildman–Crippen MR) is 58.3 cm³/mol. The van der Waals surface area contributed by atoms with Crippen LogP contribution in [0.3, 0.4) is 0 Å². The van der Waals surface area contributed by atoms with Gasteiger partial charge in [0.2, 0.25) is 11.7 Å². The molecule has 98 valence electrons. The Morgan fingerprint density at radius 1 is 1.16 bits per heavy atom. The number of aromatic nitrogens is 2. The number of methoxy groups -OCH3 is 1. The summed E-state index contributed by atoms with van der Waals surface area (Å²) in [7, 11) is 1.33. The van der Waals surface area contributed by atoms with Crippen LogP contribution in [-0.4, -0.2) is 22.9 Å². The van der Waals surface area contributed by atoms with Gasteiger partial charge in [-0.25, -0.2) is 23.1 Å². The number of ether oxygens (including phenoxy) is 1. The van der Waals surface area contributed by atoms with Gasteiger partial charge in [0.1, 0.15) is 12.0 Å². The Labute approximate surface area is 105 Å². The predicted octanol–water partition coefficient (Wildman–Crippen LogP) is 2.13. The molecule has 0 bridgehead atoms. The first-order valence-electron chi connectivity index (χ1n) is 5.09. The Morgan fingerprint density at radius 2 is 1.89 bits per heavy atom. The summed E-state index contributed by atoms with van der Waals surface area (Å²) in [5, 5.41) is 0. The molecule has 2 rings (SSSR count). The molecule has 0 atom stereocenters. The third-order valence-corrected chi connectivity index (χ3v) is 2.36. The van der Waals surface area contributed by atoms with Crippen LogP contribution in [0.4, 0.5) is 13.2 Å². The van der Waals surface area contributed by atoms with E-state index in [2.05, 4.69) is 9.97 Å². The zero-order chi connectivity index (χ0) is 14.0. The molecule has 0 aliphatic carbocycles. The molecule has 0 aliphatic rings. The molecule has 1 heterocycles. The van der Waals surface area contributed by atoms with Crippen LogP contribution in [0.5, 0.6) is 5.88 Å². The fraction of sp³-hybridized carbons (Fsp3) is 0.0833. The first-order chi connectivity index (χ1) is 9.04. The van der Waals surface area contributed by atoms with Crippen LogP contribution in [0.1, 0.15) is 16.1 Å². The van der Waals surface area contributed by atoms with Gasteiger partial charge in [-0.1, -0.05) is 0 Å². The van der Waals surface area contributed by atoms with Crippen LogP contribution < -0.4 is 4.74 Å². The minimum absolute atomic E-state index is 0.0985. The van der Waals surface area contributed by atoms with Crippen molar-refractivity contribution in [3.63, 3.8) is 0 Å². The summed E-state index contributed by atoms with van der Waals surface area (Å²) in [5.74, 6) is -5.41. The number of carbonyl (C=O) groups excluding carboxylic acids is 1. The van der Waals surface area contributed by atoms with E-state index in [4.69, 9.17) is 4.74 Å². The van der Waals surface area contributed by atoms with Gasteiger partial charge < -0.3 is 4.74 Å². The number of hydrogen-bond acceptors (Lipinski definition) is 4. The maximum atomic E-state index is 13.5. The van der Waals surface area contributed by atoms with Crippen molar-refractivity contribution in [2.75, 3.05) is 7.11 Å². The van der Waals surface area contributed by atoms with Crippen molar-refractivity contribution >= 4 is 5.78 Å². The molecular formula is C12H7F3N2O2. The van der Waals surface area contributed by atoms with Crippen molar-refractivity contribution in [1.29, 1.82) is 0 Å². The van der Waals surface area contributed by atoms with Crippen LogP contribution in [-0.2, 0) is 0 Å². The van der Waals surface area contributed by atoms with Crippen molar-refractivity contribution in [3.05, 3.63) is 53.2 Å². The summed E-state index contributed by atoms with van der Waals surface area (Å²) in [6.07, 6.45) is 1.05. The molecule has 0 radical (unpaired) electrons. The van der Waals surface area contributed by atoms with Crippen molar-refractivity contribution in [2.45, 2.75) is 0 Å². The van der Waals surface area contributed by atoms with Gasteiger partial charge in [-0.3, -0.25) is 4.79 Å². The molecule has 0 aliphatic heterocycles. The molecular weight excluding hydrogens is 261 g/mol. The highest BCUT2D eigenvalue weighted by molar-refractivity contribution is 6.07. The lowest BCUT2D eigenvalue weighted by Gasteiger charge is -2.04. The highest BCUT2D eigenvalue weighted by atomic mass is 19.2. The van der Waals surface area contributed by atoms with Gasteiger partial charge in [0.15, 0.2) is 17.5 Å². The summed E-state index contributed by atoms with van der Waals surface area (Å²) in [5.41, 5.74) is -0.795. The standard InChI is InChI=1S/C12H7F3N2O2/c1-19-9-4-8(16-5-17-9)12(18)6-2-3-7(13)11(15)10(6)14/h2-5H,1H3. The first-order valence-corrected chi connectivity index (χ1v) is 5.09. The van der Waals surface area contributed by atoms with Crippen LogP contribution in [0.25, 0.3) is 0 Å². The smallest absolute Gasteiger partial charge is 0.216 e. The van der Waals surface area contributed by atoms with Gasteiger partial charge >= 0.3 is 0 Å². The zero-order valence-electron chi connectivity index (χ0n) is 9.65. The number of rotatable bonds is 3. The summed E-state index contributed by atoms with van der Waals surface area (Å²) < 4.78 is 44.1. The third-order valence-electron chi connectivity index (χ3n) is 2.36. The van der Waals surface area contributed by atoms with E-state index in [9.17, 15) is 18.0 Å². The van der Waals surface area contributed by atoms with E-state index >= 15 is 0 Å². The second-order valence-corrected chi connectivity index (χ2v) is 3.50. The summed E-state index contributed by atoms with van der Waals surface area (Å²) in [4.78, 5) is 19.2. The van der Waals surface area contributed by atoms with Gasteiger partial charge in [0.05, 0.1) is 12.7 Å². The Bertz CT molecular complexity index is 647.